The van der Waals surface area contributed by atoms with Gasteiger partial charge in [0.05, 0.1) is 20.1 Å². The van der Waals surface area contributed by atoms with Gasteiger partial charge in [0.1, 0.15) is 11.5 Å². The van der Waals surface area contributed by atoms with Crippen molar-refractivity contribution in [3.8, 4) is 11.5 Å². The fourth-order valence-electron chi connectivity index (χ4n) is 2.49. The number of amides is 1. The van der Waals surface area contributed by atoms with Crippen molar-refractivity contribution in [3.63, 3.8) is 0 Å². The Morgan fingerprint density at radius 3 is 2.36 bits per heavy atom. The Labute approximate surface area is 163 Å². The summed E-state index contributed by atoms with van der Waals surface area (Å²) in [4.78, 5) is 35.5. The normalized spacial score (nSPS) is 10.1. The molecule has 0 spiro atoms. The highest BCUT2D eigenvalue weighted by Crippen LogP contribution is 2.21. The number of nitrogens with one attached hydrogen (secondary N) is 1. The molecule has 0 aliphatic rings. The van der Waals surface area contributed by atoms with Crippen molar-refractivity contribution in [2.24, 2.45) is 0 Å². The van der Waals surface area contributed by atoms with Gasteiger partial charge in [0.2, 0.25) is 0 Å². The molecule has 0 fully saturated rings. The van der Waals surface area contributed by atoms with E-state index in [1.165, 1.54) is 14.0 Å². The van der Waals surface area contributed by atoms with Crippen LogP contribution in [0.1, 0.15) is 29.8 Å². The summed E-state index contributed by atoms with van der Waals surface area (Å²) in [6, 6.07) is 11.7. The van der Waals surface area contributed by atoms with Gasteiger partial charge in [0, 0.05) is 16.8 Å². The van der Waals surface area contributed by atoms with E-state index in [1.807, 2.05) is 6.92 Å². The molecule has 0 heterocycles. The Morgan fingerprint density at radius 1 is 1.04 bits per heavy atom. The maximum Gasteiger partial charge on any atom is 0.310 e. The minimum absolute atomic E-state index is 0.110. The van der Waals surface area contributed by atoms with Gasteiger partial charge in [-0.2, -0.15) is 0 Å². The molecule has 0 radical (unpaired) electrons. The summed E-state index contributed by atoms with van der Waals surface area (Å²) in [5.41, 5.74) is 1.56. The molecule has 0 saturated heterocycles. The quantitative estimate of drug-likeness (QED) is 0.527. The average Bonchev–Trinajstić information content (AvgIpc) is 2.68. The highest BCUT2D eigenvalue weighted by atomic mass is 16.5. The van der Waals surface area contributed by atoms with Crippen molar-refractivity contribution in [2.75, 3.05) is 25.6 Å². The van der Waals surface area contributed by atoms with Crippen LogP contribution in [0.15, 0.2) is 42.5 Å². The van der Waals surface area contributed by atoms with Crippen LogP contribution in [0, 0.1) is 0 Å². The van der Waals surface area contributed by atoms with Gasteiger partial charge in [-0.15, -0.1) is 0 Å². The van der Waals surface area contributed by atoms with E-state index in [0.717, 1.165) is 0 Å². The molecule has 2 aromatic rings. The number of ether oxygens (including phenoxy) is 3. The van der Waals surface area contributed by atoms with Crippen LogP contribution in [-0.2, 0) is 20.7 Å². The van der Waals surface area contributed by atoms with Gasteiger partial charge in [0.15, 0.2) is 12.4 Å². The van der Waals surface area contributed by atoms with Crippen molar-refractivity contribution < 1.29 is 28.6 Å². The number of methoxy groups -OCH3 is 1. The monoisotopic (exact) mass is 385 g/mol. The zero-order valence-corrected chi connectivity index (χ0v) is 16.1. The summed E-state index contributed by atoms with van der Waals surface area (Å²) in [5, 5.41) is 2.64. The maximum atomic E-state index is 12.1. The molecule has 28 heavy (non-hydrogen) atoms. The van der Waals surface area contributed by atoms with Gasteiger partial charge in [-0.05, 0) is 56.3 Å². The molecule has 7 heteroatoms. The molecule has 148 valence electrons. The summed E-state index contributed by atoms with van der Waals surface area (Å²) in [5.74, 6) is 0.00395. The second kappa shape index (κ2) is 10.1. The third kappa shape index (κ3) is 6.12. The first-order chi connectivity index (χ1) is 13.4. The van der Waals surface area contributed by atoms with Crippen LogP contribution >= 0.6 is 0 Å². The Morgan fingerprint density at radius 2 is 1.75 bits per heavy atom. The Balaban J connectivity index is 1.89. The molecule has 1 N–H and O–H groups in total. The van der Waals surface area contributed by atoms with E-state index in [-0.39, 0.29) is 12.2 Å². The molecular weight excluding hydrogens is 362 g/mol. The number of anilines is 1. The molecule has 7 nitrogen and oxygen atoms in total. The number of rotatable bonds is 9. The van der Waals surface area contributed by atoms with Crippen molar-refractivity contribution in [1.82, 2.24) is 0 Å². The van der Waals surface area contributed by atoms with Crippen LogP contribution in [0.2, 0.25) is 0 Å². The van der Waals surface area contributed by atoms with Crippen molar-refractivity contribution in [1.29, 1.82) is 0 Å². The number of hydrogen-bond acceptors (Lipinski definition) is 6. The van der Waals surface area contributed by atoms with Gasteiger partial charge < -0.3 is 19.5 Å². The molecule has 0 aromatic heterocycles. The van der Waals surface area contributed by atoms with Gasteiger partial charge in [0.25, 0.3) is 5.91 Å². The maximum absolute atomic E-state index is 12.1. The molecule has 0 atom stereocenters. The molecule has 0 aliphatic carbocycles. The van der Waals surface area contributed by atoms with E-state index < -0.39 is 18.5 Å². The minimum Gasteiger partial charge on any atom is -0.496 e. The van der Waals surface area contributed by atoms with E-state index in [9.17, 15) is 14.4 Å². The second-order valence-electron chi connectivity index (χ2n) is 5.93. The fraction of sp³-hybridized carbons (Fsp3) is 0.286. The molecule has 0 saturated carbocycles. The second-order valence-corrected chi connectivity index (χ2v) is 5.93. The van der Waals surface area contributed by atoms with Crippen LogP contribution in [-0.4, -0.2) is 38.0 Å². The summed E-state index contributed by atoms with van der Waals surface area (Å²) in [7, 11) is 1.47. The fourth-order valence-corrected chi connectivity index (χ4v) is 2.49. The lowest BCUT2D eigenvalue weighted by Gasteiger charge is -2.10. The van der Waals surface area contributed by atoms with E-state index in [2.05, 4.69) is 5.32 Å². The predicted octanol–water partition coefficient (Wildman–Crippen LogP) is 3.02. The largest absolute Gasteiger partial charge is 0.496 e. The number of hydrogen-bond donors (Lipinski definition) is 1. The number of ketones is 1. The van der Waals surface area contributed by atoms with E-state index in [0.29, 0.717) is 34.9 Å². The van der Waals surface area contributed by atoms with Crippen molar-refractivity contribution in [2.45, 2.75) is 20.3 Å². The lowest BCUT2D eigenvalue weighted by molar-refractivity contribution is -0.146. The molecule has 1 amide bonds. The van der Waals surface area contributed by atoms with Gasteiger partial charge in [-0.3, -0.25) is 14.4 Å². The minimum atomic E-state index is -0.596. The first-order valence-corrected chi connectivity index (χ1v) is 8.79. The number of Topliss-reactive ketones (excluding diaryl/α,β-unsaturated/α-hetero) is 1. The van der Waals surface area contributed by atoms with Crippen LogP contribution in [0.25, 0.3) is 0 Å². The predicted molar refractivity (Wildman–Crippen MR) is 104 cm³/mol. The first kappa shape index (κ1) is 21.0. The van der Waals surface area contributed by atoms with Gasteiger partial charge >= 0.3 is 5.97 Å². The molecule has 2 rings (SSSR count). The smallest absolute Gasteiger partial charge is 0.310 e. The zero-order chi connectivity index (χ0) is 20.5. The lowest BCUT2D eigenvalue weighted by Crippen LogP contribution is -2.21. The molecule has 0 bridgehead atoms. The highest BCUT2D eigenvalue weighted by Gasteiger charge is 2.14. The third-order valence-electron chi connectivity index (χ3n) is 3.84. The highest BCUT2D eigenvalue weighted by molar-refractivity contribution is 5.95. The Hall–Kier alpha value is -3.35. The summed E-state index contributed by atoms with van der Waals surface area (Å²) in [6.07, 6.45) is -0.110. The first-order valence-electron chi connectivity index (χ1n) is 8.79. The van der Waals surface area contributed by atoms with Crippen LogP contribution < -0.4 is 14.8 Å². The molecule has 0 aliphatic heterocycles. The Kier molecular flexibility index (Phi) is 7.56. The molecular formula is C21H23NO6. The lowest BCUT2D eigenvalue weighted by atomic mass is 10.0. The summed E-state index contributed by atoms with van der Waals surface area (Å²) in [6.45, 7) is 3.47. The zero-order valence-electron chi connectivity index (χ0n) is 16.1. The van der Waals surface area contributed by atoms with Crippen molar-refractivity contribution >= 4 is 23.3 Å². The van der Waals surface area contributed by atoms with E-state index >= 15 is 0 Å². The average molecular weight is 385 g/mol. The van der Waals surface area contributed by atoms with Crippen LogP contribution in [0.5, 0.6) is 11.5 Å². The summed E-state index contributed by atoms with van der Waals surface area (Å²) < 4.78 is 15.6. The van der Waals surface area contributed by atoms with E-state index in [1.54, 1.807) is 42.5 Å². The van der Waals surface area contributed by atoms with Crippen molar-refractivity contribution in [3.05, 3.63) is 53.6 Å². The molecule has 2 aromatic carbocycles. The van der Waals surface area contributed by atoms with Crippen LogP contribution in [0.3, 0.4) is 0 Å². The SMILES string of the molecule is CCOc1ccc(NC(=O)COC(=O)Cc2cc(C(C)=O)ccc2OC)cc1. The Bertz CT molecular complexity index is 844. The van der Waals surface area contributed by atoms with Crippen LogP contribution in [0.4, 0.5) is 5.69 Å². The number of carbonyl (C=O) groups is 3. The molecule has 0 unspecified atom stereocenters. The number of carbonyl (C=O) groups excluding carboxylic acids is 3. The number of esters is 1. The summed E-state index contributed by atoms with van der Waals surface area (Å²) >= 11 is 0. The van der Waals surface area contributed by atoms with Gasteiger partial charge in [-0.1, -0.05) is 0 Å². The number of benzene rings is 2. The van der Waals surface area contributed by atoms with E-state index in [4.69, 9.17) is 14.2 Å². The topological polar surface area (TPSA) is 90.9 Å². The third-order valence-corrected chi connectivity index (χ3v) is 3.84. The van der Waals surface area contributed by atoms with Gasteiger partial charge in [-0.25, -0.2) is 0 Å². The standard InChI is InChI=1S/C21H23NO6/c1-4-27-18-8-6-17(7-9-18)22-20(24)13-28-21(25)12-16-11-15(14(2)23)5-10-19(16)26-3/h5-11H,4,12-13H2,1-3H3,(H,22,24).